The molecule has 1 saturated heterocycles. The molecule has 1 rings (SSSR count). The third-order valence-electron chi connectivity index (χ3n) is 2.67. The van der Waals surface area contributed by atoms with Crippen molar-refractivity contribution in [3.63, 3.8) is 0 Å². The second kappa shape index (κ2) is 5.27. The van der Waals surface area contributed by atoms with Gasteiger partial charge in [-0.3, -0.25) is 14.5 Å². The van der Waals surface area contributed by atoms with Crippen LogP contribution in [0, 0.1) is 0 Å². The molecule has 0 radical (unpaired) electrons. The molecule has 16 heavy (non-hydrogen) atoms. The number of hydrogen-bond acceptors (Lipinski definition) is 4. The molecule has 1 aliphatic rings. The molecule has 0 unspecified atom stereocenters. The van der Waals surface area contributed by atoms with Gasteiger partial charge in [-0.25, -0.2) is 0 Å². The summed E-state index contributed by atoms with van der Waals surface area (Å²) in [6, 6.07) is 0. The summed E-state index contributed by atoms with van der Waals surface area (Å²) in [4.78, 5) is 23.6. The number of carbonyl (C=O) groups excluding carboxylic acids is 2. The van der Waals surface area contributed by atoms with Crippen LogP contribution in [0.2, 0.25) is 0 Å². The van der Waals surface area contributed by atoms with Gasteiger partial charge in [-0.05, 0) is 12.8 Å². The van der Waals surface area contributed by atoms with Crippen LogP contribution in [-0.4, -0.2) is 43.4 Å². The van der Waals surface area contributed by atoms with E-state index in [0.717, 1.165) is 0 Å². The SMILES string of the molecule is COC1(OC)CN1C(=O)CCCCC(N)=O. The largest absolute Gasteiger partial charge is 0.370 e. The fourth-order valence-electron chi connectivity index (χ4n) is 1.59. The third kappa shape index (κ3) is 2.93. The molecule has 0 atom stereocenters. The fourth-order valence-corrected chi connectivity index (χ4v) is 1.59. The van der Waals surface area contributed by atoms with Gasteiger partial charge in [-0.1, -0.05) is 0 Å². The minimum absolute atomic E-state index is 0.0202. The maximum Gasteiger partial charge on any atom is 0.272 e. The average molecular weight is 230 g/mol. The molecule has 0 aromatic carbocycles. The Balaban J connectivity index is 2.20. The Morgan fingerprint density at radius 2 is 1.81 bits per heavy atom. The van der Waals surface area contributed by atoms with Gasteiger partial charge < -0.3 is 15.2 Å². The van der Waals surface area contributed by atoms with Crippen LogP contribution in [0.3, 0.4) is 0 Å². The van der Waals surface area contributed by atoms with Crippen LogP contribution in [0.25, 0.3) is 0 Å². The van der Waals surface area contributed by atoms with Crippen molar-refractivity contribution in [1.82, 2.24) is 4.90 Å². The summed E-state index contributed by atoms with van der Waals surface area (Å²) in [5.74, 6) is -1.20. The number of nitrogens with zero attached hydrogens (tertiary/aromatic N) is 1. The number of nitrogens with two attached hydrogens (primary N) is 1. The molecule has 0 spiro atoms. The van der Waals surface area contributed by atoms with Gasteiger partial charge in [0.2, 0.25) is 11.8 Å². The molecule has 0 aliphatic carbocycles. The number of amides is 2. The van der Waals surface area contributed by atoms with E-state index in [9.17, 15) is 9.59 Å². The lowest BCUT2D eigenvalue weighted by molar-refractivity contribution is -0.173. The number of unbranched alkanes of at least 4 members (excludes halogenated alkanes) is 1. The number of carbonyl (C=O) groups is 2. The Morgan fingerprint density at radius 1 is 1.25 bits per heavy atom. The van der Waals surface area contributed by atoms with Crippen molar-refractivity contribution < 1.29 is 19.1 Å². The van der Waals surface area contributed by atoms with Crippen molar-refractivity contribution in [2.75, 3.05) is 20.8 Å². The highest BCUT2D eigenvalue weighted by atomic mass is 16.7. The molecule has 2 N–H and O–H groups in total. The summed E-state index contributed by atoms with van der Waals surface area (Å²) < 4.78 is 10.2. The first kappa shape index (κ1) is 12.9. The highest BCUT2D eigenvalue weighted by Gasteiger charge is 2.56. The second-order valence-corrected chi connectivity index (χ2v) is 3.77. The van der Waals surface area contributed by atoms with Crippen LogP contribution in [0.5, 0.6) is 0 Å². The van der Waals surface area contributed by atoms with E-state index in [1.807, 2.05) is 0 Å². The summed E-state index contributed by atoms with van der Waals surface area (Å²) in [5.41, 5.74) is 4.99. The summed E-state index contributed by atoms with van der Waals surface area (Å²) in [5, 5.41) is 0. The van der Waals surface area contributed by atoms with Crippen molar-refractivity contribution in [3.8, 4) is 0 Å². The van der Waals surface area contributed by atoms with Gasteiger partial charge in [0, 0.05) is 27.1 Å². The average Bonchev–Trinajstić information content (AvgIpc) is 2.99. The fraction of sp³-hybridized carbons (Fsp3) is 0.800. The van der Waals surface area contributed by atoms with E-state index in [1.165, 1.54) is 19.1 Å². The number of hydrogen-bond donors (Lipinski definition) is 1. The summed E-state index contributed by atoms with van der Waals surface area (Å²) in [6.45, 7) is 0.467. The zero-order chi connectivity index (χ0) is 12.2. The molecule has 2 amide bonds. The van der Waals surface area contributed by atoms with Gasteiger partial charge >= 0.3 is 0 Å². The maximum absolute atomic E-state index is 11.6. The van der Waals surface area contributed by atoms with Gasteiger partial charge in [0.1, 0.15) is 6.54 Å². The van der Waals surface area contributed by atoms with E-state index in [2.05, 4.69) is 0 Å². The van der Waals surface area contributed by atoms with E-state index in [4.69, 9.17) is 15.2 Å². The van der Waals surface area contributed by atoms with Gasteiger partial charge in [0.25, 0.3) is 5.91 Å². The highest BCUT2D eigenvalue weighted by Crippen LogP contribution is 2.34. The standard InChI is InChI=1S/C10H18N2O4/c1-15-10(16-2)7-12(10)9(14)6-4-3-5-8(11)13/h3-7H2,1-2H3,(H2,11,13). The first-order valence-corrected chi connectivity index (χ1v) is 5.25. The van der Waals surface area contributed by atoms with E-state index in [-0.39, 0.29) is 11.8 Å². The molecule has 6 nitrogen and oxygen atoms in total. The highest BCUT2D eigenvalue weighted by molar-refractivity contribution is 5.79. The van der Waals surface area contributed by atoms with Crippen molar-refractivity contribution >= 4 is 11.8 Å². The van der Waals surface area contributed by atoms with Gasteiger partial charge in [-0.15, -0.1) is 0 Å². The molecule has 0 aromatic heterocycles. The topological polar surface area (TPSA) is 81.6 Å². The smallest absolute Gasteiger partial charge is 0.272 e. The Bertz CT molecular complexity index is 276. The molecule has 6 heteroatoms. The van der Waals surface area contributed by atoms with E-state index >= 15 is 0 Å². The van der Waals surface area contributed by atoms with Gasteiger partial charge in [0.15, 0.2) is 0 Å². The predicted molar refractivity (Wildman–Crippen MR) is 56.1 cm³/mol. The minimum atomic E-state index is -0.846. The van der Waals surface area contributed by atoms with Crippen molar-refractivity contribution in [2.45, 2.75) is 31.6 Å². The van der Waals surface area contributed by atoms with Gasteiger partial charge in [-0.2, -0.15) is 0 Å². The van der Waals surface area contributed by atoms with E-state index in [1.54, 1.807) is 0 Å². The second-order valence-electron chi connectivity index (χ2n) is 3.77. The Hall–Kier alpha value is -1.14. The quantitative estimate of drug-likeness (QED) is 0.374. The van der Waals surface area contributed by atoms with Crippen LogP contribution < -0.4 is 5.73 Å². The lowest BCUT2D eigenvalue weighted by Crippen LogP contribution is -2.27. The molecule has 0 saturated carbocycles. The molecular weight excluding hydrogens is 212 g/mol. The van der Waals surface area contributed by atoms with Crippen LogP contribution >= 0.6 is 0 Å². The normalized spacial score (nSPS) is 17.2. The van der Waals surface area contributed by atoms with Crippen molar-refractivity contribution in [1.29, 1.82) is 0 Å². The summed E-state index contributed by atoms with van der Waals surface area (Å²) in [7, 11) is 3.01. The van der Waals surface area contributed by atoms with Crippen LogP contribution in [-0.2, 0) is 19.1 Å². The Kier molecular flexibility index (Phi) is 4.26. The molecule has 1 fully saturated rings. The molecule has 1 heterocycles. The number of primary amides is 1. The summed E-state index contributed by atoms with van der Waals surface area (Å²) >= 11 is 0. The number of ether oxygens (including phenoxy) is 2. The molecule has 0 bridgehead atoms. The molecule has 92 valence electrons. The Morgan fingerprint density at radius 3 is 2.25 bits per heavy atom. The summed E-state index contributed by atoms with van der Waals surface area (Å²) in [6.07, 6.45) is 2.01. The van der Waals surface area contributed by atoms with Gasteiger partial charge in [0.05, 0.1) is 0 Å². The lowest BCUT2D eigenvalue weighted by atomic mass is 10.2. The van der Waals surface area contributed by atoms with Crippen molar-refractivity contribution in [2.24, 2.45) is 5.73 Å². The van der Waals surface area contributed by atoms with E-state index < -0.39 is 5.91 Å². The zero-order valence-electron chi connectivity index (χ0n) is 9.69. The Labute approximate surface area is 94.7 Å². The number of methoxy groups -OCH3 is 2. The maximum atomic E-state index is 11.6. The van der Waals surface area contributed by atoms with Crippen LogP contribution in [0.1, 0.15) is 25.7 Å². The lowest BCUT2D eigenvalue weighted by Gasteiger charge is -2.13. The molecular formula is C10H18N2O4. The molecule has 0 aromatic rings. The van der Waals surface area contributed by atoms with Crippen LogP contribution in [0.15, 0.2) is 0 Å². The van der Waals surface area contributed by atoms with Crippen molar-refractivity contribution in [3.05, 3.63) is 0 Å². The zero-order valence-corrected chi connectivity index (χ0v) is 9.69. The first-order valence-electron chi connectivity index (χ1n) is 5.25. The number of rotatable bonds is 7. The van der Waals surface area contributed by atoms with E-state index in [0.29, 0.717) is 32.2 Å². The first-order chi connectivity index (χ1) is 7.55. The molecule has 1 aliphatic heterocycles. The third-order valence-corrected chi connectivity index (χ3v) is 2.67. The minimum Gasteiger partial charge on any atom is -0.370 e. The predicted octanol–water partition coefficient (Wildman–Crippen LogP) is -0.179. The van der Waals surface area contributed by atoms with Crippen LogP contribution in [0.4, 0.5) is 0 Å². The monoisotopic (exact) mass is 230 g/mol.